The molecule has 0 radical (unpaired) electrons. The molecule has 9 aromatic rings. The van der Waals surface area contributed by atoms with Crippen LogP contribution in [0.1, 0.15) is 33.4 Å². The predicted octanol–water partition coefficient (Wildman–Crippen LogP) is 13.6. The number of hydrogen-bond acceptors (Lipinski definition) is 1. The molecule has 1 nitrogen and oxygen atoms in total. The molecule has 52 heavy (non-hydrogen) atoms. The van der Waals surface area contributed by atoms with Gasteiger partial charge in [0.05, 0.1) is 5.41 Å². The first-order chi connectivity index (χ1) is 25.6. The van der Waals surface area contributed by atoms with Crippen molar-refractivity contribution in [3.63, 3.8) is 0 Å². The molecule has 0 N–H and O–H groups in total. The fourth-order valence-corrected chi connectivity index (χ4v) is 9.78. The normalized spacial score (nSPS) is 13.3. The minimum atomic E-state index is -0.401. The third kappa shape index (κ3) is 3.88. The molecule has 2 aliphatic carbocycles. The van der Waals surface area contributed by atoms with Crippen LogP contribution in [0.5, 0.6) is 0 Å². The molecule has 0 saturated carbocycles. The zero-order chi connectivity index (χ0) is 34.6. The van der Waals surface area contributed by atoms with Crippen LogP contribution in [0.3, 0.4) is 0 Å². The third-order valence-electron chi connectivity index (χ3n) is 11.7. The van der Waals surface area contributed by atoms with Crippen molar-refractivity contribution < 1.29 is 0 Å². The maximum Gasteiger partial charge on any atom is 0.0726 e. The summed E-state index contributed by atoms with van der Waals surface area (Å²) in [4.78, 5) is 2.48. The lowest BCUT2D eigenvalue weighted by Crippen LogP contribution is -2.26. The summed E-state index contributed by atoms with van der Waals surface area (Å²) in [5.74, 6) is 0. The third-order valence-corrected chi connectivity index (χ3v) is 11.7. The minimum absolute atomic E-state index is 0.401. The van der Waals surface area contributed by atoms with E-state index in [4.69, 9.17) is 0 Å². The van der Waals surface area contributed by atoms with E-state index in [9.17, 15) is 0 Å². The van der Waals surface area contributed by atoms with Crippen LogP contribution in [0.15, 0.2) is 176 Å². The van der Waals surface area contributed by atoms with E-state index < -0.39 is 5.41 Å². The number of fused-ring (bicyclic) bond motifs is 16. The van der Waals surface area contributed by atoms with Gasteiger partial charge in [0.25, 0.3) is 0 Å². The summed E-state index contributed by atoms with van der Waals surface area (Å²) >= 11 is 0. The Kier molecular flexibility index (Phi) is 6.08. The molecule has 244 valence electrons. The van der Waals surface area contributed by atoms with E-state index in [1.165, 1.54) is 93.6 Å². The fraction of sp³-hybridized carbons (Fsp3) is 0.0588. The maximum absolute atomic E-state index is 2.49. The molecular weight excluding hydrogens is 627 g/mol. The van der Waals surface area contributed by atoms with Crippen molar-refractivity contribution in [3.05, 3.63) is 209 Å². The Morgan fingerprint density at radius 2 is 0.712 bits per heavy atom. The lowest BCUT2D eigenvalue weighted by atomic mass is 9.70. The SMILES string of the molecule is Cc1cc(C)cc(N(c2ccc3c(c2)C2(c4ccccc4-c4ccccc42)c2ccccc2-3)c2ccc3c4ccccc4c4ccccc4c3c2)c1. The van der Waals surface area contributed by atoms with Crippen molar-refractivity contribution in [3.8, 4) is 22.3 Å². The first kappa shape index (κ1) is 29.3. The lowest BCUT2D eigenvalue weighted by molar-refractivity contribution is 0.793. The Labute approximate surface area is 304 Å². The van der Waals surface area contributed by atoms with Crippen LogP contribution < -0.4 is 4.90 Å². The summed E-state index contributed by atoms with van der Waals surface area (Å²) in [6.07, 6.45) is 0. The van der Waals surface area contributed by atoms with Crippen LogP contribution in [0.2, 0.25) is 0 Å². The second kappa shape index (κ2) is 10.8. The van der Waals surface area contributed by atoms with Crippen molar-refractivity contribution in [2.24, 2.45) is 0 Å². The summed E-state index contributed by atoms with van der Waals surface area (Å²) in [5, 5.41) is 7.70. The van der Waals surface area contributed by atoms with Gasteiger partial charge in [-0.25, -0.2) is 0 Å². The first-order valence-corrected chi connectivity index (χ1v) is 18.3. The smallest absolute Gasteiger partial charge is 0.0726 e. The van der Waals surface area contributed by atoms with E-state index in [1.807, 2.05) is 0 Å². The van der Waals surface area contributed by atoms with Gasteiger partial charge in [0, 0.05) is 17.1 Å². The minimum Gasteiger partial charge on any atom is -0.310 e. The number of nitrogens with zero attached hydrogens (tertiary/aromatic N) is 1. The van der Waals surface area contributed by atoms with Gasteiger partial charge in [-0.3, -0.25) is 0 Å². The van der Waals surface area contributed by atoms with Crippen LogP contribution in [-0.2, 0) is 5.41 Å². The molecule has 0 aromatic heterocycles. The Morgan fingerprint density at radius 3 is 1.25 bits per heavy atom. The highest BCUT2D eigenvalue weighted by molar-refractivity contribution is 6.25. The Balaban J connectivity index is 1.21. The predicted molar refractivity (Wildman–Crippen MR) is 219 cm³/mol. The Bertz CT molecular complexity index is 2830. The highest BCUT2D eigenvalue weighted by Gasteiger charge is 2.51. The highest BCUT2D eigenvalue weighted by Crippen LogP contribution is 2.63. The molecule has 0 saturated heterocycles. The average Bonchev–Trinajstić information content (AvgIpc) is 3.65. The van der Waals surface area contributed by atoms with Crippen LogP contribution in [0.25, 0.3) is 54.6 Å². The zero-order valence-electron chi connectivity index (χ0n) is 29.2. The van der Waals surface area contributed by atoms with Gasteiger partial charge in [-0.15, -0.1) is 0 Å². The quantitative estimate of drug-likeness (QED) is 0.170. The van der Waals surface area contributed by atoms with Gasteiger partial charge in [0.1, 0.15) is 0 Å². The largest absolute Gasteiger partial charge is 0.310 e. The zero-order valence-corrected chi connectivity index (χ0v) is 29.2. The van der Waals surface area contributed by atoms with Gasteiger partial charge in [-0.05, 0) is 138 Å². The fourth-order valence-electron chi connectivity index (χ4n) is 9.78. The van der Waals surface area contributed by atoms with Gasteiger partial charge >= 0.3 is 0 Å². The molecule has 0 amide bonds. The molecule has 9 aromatic carbocycles. The first-order valence-electron chi connectivity index (χ1n) is 18.3. The second-order valence-corrected chi connectivity index (χ2v) is 14.6. The molecule has 0 bridgehead atoms. The topological polar surface area (TPSA) is 3.24 Å². The number of aryl methyl sites for hydroxylation is 2. The second-order valence-electron chi connectivity index (χ2n) is 14.6. The highest BCUT2D eigenvalue weighted by atomic mass is 15.1. The van der Waals surface area contributed by atoms with E-state index >= 15 is 0 Å². The molecule has 2 aliphatic rings. The van der Waals surface area contributed by atoms with E-state index in [0.29, 0.717) is 0 Å². The van der Waals surface area contributed by atoms with Gasteiger partial charge < -0.3 is 4.90 Å². The molecule has 0 heterocycles. The van der Waals surface area contributed by atoms with E-state index in [2.05, 4.69) is 195 Å². The van der Waals surface area contributed by atoms with Gasteiger partial charge in [0.2, 0.25) is 0 Å². The van der Waals surface area contributed by atoms with Gasteiger partial charge in [0.15, 0.2) is 0 Å². The van der Waals surface area contributed by atoms with Gasteiger partial charge in [-0.2, -0.15) is 0 Å². The van der Waals surface area contributed by atoms with Crippen LogP contribution in [0.4, 0.5) is 17.1 Å². The van der Waals surface area contributed by atoms with Crippen LogP contribution >= 0.6 is 0 Å². The molecule has 1 spiro atoms. The Hall–Kier alpha value is -6.44. The number of hydrogen-bond donors (Lipinski definition) is 0. The van der Waals surface area contributed by atoms with E-state index in [0.717, 1.165) is 11.4 Å². The monoisotopic (exact) mass is 661 g/mol. The Morgan fingerprint density at radius 1 is 0.308 bits per heavy atom. The molecule has 0 fully saturated rings. The summed E-state index contributed by atoms with van der Waals surface area (Å²) in [6.45, 7) is 4.41. The lowest BCUT2D eigenvalue weighted by Gasteiger charge is -2.32. The molecule has 0 aliphatic heterocycles. The average molecular weight is 662 g/mol. The number of anilines is 3. The standard InChI is InChI=1S/C51H35N/c1-32-27-33(2)29-36(28-32)52(34-23-25-41-39-15-4-3-13-37(39)38-14-5-6-16-40(38)46(41)30-34)35-24-26-45-44-19-9-12-22-49(44)51(50(45)31-35)47-20-10-7-17-42(47)43-18-8-11-21-48(43)51/h3-31H,1-2H3. The van der Waals surface area contributed by atoms with E-state index in [-0.39, 0.29) is 0 Å². The van der Waals surface area contributed by atoms with Crippen LogP contribution in [-0.4, -0.2) is 0 Å². The van der Waals surface area contributed by atoms with Crippen molar-refractivity contribution in [1.82, 2.24) is 0 Å². The molecular formula is C51H35N. The molecule has 1 heteroatoms. The van der Waals surface area contributed by atoms with Crippen molar-refractivity contribution >= 4 is 49.4 Å². The molecule has 11 rings (SSSR count). The summed E-state index contributed by atoms with van der Waals surface area (Å²) in [6, 6.07) is 66.1. The maximum atomic E-state index is 2.49. The summed E-state index contributed by atoms with van der Waals surface area (Å²) in [5.41, 5.74) is 16.3. The van der Waals surface area contributed by atoms with Crippen LogP contribution in [0, 0.1) is 13.8 Å². The van der Waals surface area contributed by atoms with Crippen molar-refractivity contribution in [2.75, 3.05) is 4.90 Å². The molecule has 0 unspecified atom stereocenters. The summed E-state index contributed by atoms with van der Waals surface area (Å²) in [7, 11) is 0. The number of rotatable bonds is 3. The number of benzene rings is 9. The van der Waals surface area contributed by atoms with Gasteiger partial charge in [-0.1, -0.05) is 140 Å². The van der Waals surface area contributed by atoms with Crippen molar-refractivity contribution in [2.45, 2.75) is 19.3 Å². The summed E-state index contributed by atoms with van der Waals surface area (Å²) < 4.78 is 0. The molecule has 0 atom stereocenters. The van der Waals surface area contributed by atoms with Crippen molar-refractivity contribution in [1.29, 1.82) is 0 Å². The van der Waals surface area contributed by atoms with E-state index in [1.54, 1.807) is 0 Å².